The Morgan fingerprint density at radius 2 is 1.75 bits per heavy atom. The summed E-state index contributed by atoms with van der Waals surface area (Å²) in [4.78, 5) is 10.2. The van der Waals surface area contributed by atoms with Crippen LogP contribution < -0.4 is 5.32 Å². The highest BCUT2D eigenvalue weighted by atomic mass is 35.5. The maximum atomic E-state index is 10.6. The number of hydrogen-bond acceptors (Lipinski definition) is 3. The molecule has 0 radical (unpaired) electrons. The Morgan fingerprint density at radius 3 is 2.30 bits per heavy atom. The van der Waals surface area contributed by atoms with Crippen molar-refractivity contribution in [1.29, 1.82) is 0 Å². The van der Waals surface area contributed by atoms with E-state index in [0.29, 0.717) is 6.54 Å². The van der Waals surface area contributed by atoms with E-state index >= 15 is 0 Å². The zero-order valence-corrected chi connectivity index (χ0v) is 11.8. The van der Waals surface area contributed by atoms with Gasteiger partial charge in [-0.3, -0.25) is 10.1 Å². The van der Waals surface area contributed by atoms with Crippen molar-refractivity contribution in [2.75, 3.05) is 0 Å². The van der Waals surface area contributed by atoms with Gasteiger partial charge in [0.2, 0.25) is 0 Å². The Hall–Kier alpha value is -1.91. The predicted molar refractivity (Wildman–Crippen MR) is 79.8 cm³/mol. The molecule has 1 unspecified atom stereocenters. The van der Waals surface area contributed by atoms with E-state index in [1.165, 1.54) is 12.1 Å². The van der Waals surface area contributed by atoms with Gasteiger partial charge in [-0.05, 0) is 30.2 Å². The van der Waals surface area contributed by atoms with Crippen LogP contribution in [-0.4, -0.2) is 4.92 Å². The Morgan fingerprint density at radius 1 is 1.15 bits per heavy atom. The third-order valence-electron chi connectivity index (χ3n) is 3.13. The van der Waals surface area contributed by atoms with Gasteiger partial charge in [0.25, 0.3) is 5.69 Å². The zero-order chi connectivity index (χ0) is 14.5. The molecule has 104 valence electrons. The first kappa shape index (κ1) is 14.5. The number of nitrogens with one attached hydrogen (secondary N) is 1. The van der Waals surface area contributed by atoms with E-state index in [1.54, 1.807) is 12.1 Å². The van der Waals surface area contributed by atoms with Gasteiger partial charge in [-0.2, -0.15) is 0 Å². The molecule has 0 saturated carbocycles. The smallest absolute Gasteiger partial charge is 0.269 e. The number of halogens is 1. The van der Waals surface area contributed by atoms with Crippen molar-refractivity contribution in [3.8, 4) is 0 Å². The lowest BCUT2D eigenvalue weighted by Crippen LogP contribution is -2.17. The van der Waals surface area contributed by atoms with E-state index in [4.69, 9.17) is 11.6 Å². The average molecular weight is 291 g/mol. The molecule has 2 aromatic rings. The van der Waals surface area contributed by atoms with E-state index in [1.807, 2.05) is 24.3 Å². The van der Waals surface area contributed by atoms with E-state index in [-0.39, 0.29) is 11.7 Å². The van der Waals surface area contributed by atoms with Crippen molar-refractivity contribution in [2.24, 2.45) is 0 Å². The zero-order valence-electron chi connectivity index (χ0n) is 11.0. The van der Waals surface area contributed by atoms with Gasteiger partial charge in [-0.25, -0.2) is 0 Å². The minimum Gasteiger partial charge on any atom is -0.306 e. The molecule has 0 heterocycles. The summed E-state index contributed by atoms with van der Waals surface area (Å²) in [7, 11) is 0. The Bertz CT molecular complexity index is 582. The van der Waals surface area contributed by atoms with Crippen molar-refractivity contribution in [1.82, 2.24) is 5.32 Å². The quantitative estimate of drug-likeness (QED) is 0.666. The molecule has 2 rings (SSSR count). The van der Waals surface area contributed by atoms with Crippen LogP contribution in [0.3, 0.4) is 0 Å². The molecule has 1 atom stereocenters. The molecule has 0 fully saturated rings. The van der Waals surface area contributed by atoms with Crippen molar-refractivity contribution in [3.05, 3.63) is 74.8 Å². The van der Waals surface area contributed by atoms with Gasteiger partial charge in [0.15, 0.2) is 0 Å². The van der Waals surface area contributed by atoms with Crippen LogP contribution >= 0.6 is 11.6 Å². The molecule has 0 spiro atoms. The molecule has 5 heteroatoms. The summed E-state index contributed by atoms with van der Waals surface area (Å²) >= 11 is 5.85. The minimum absolute atomic E-state index is 0.111. The van der Waals surface area contributed by atoms with Crippen LogP contribution in [0.1, 0.15) is 24.1 Å². The number of nitrogens with zero attached hydrogens (tertiary/aromatic N) is 1. The number of non-ortho nitro benzene ring substituents is 1. The molecule has 4 nitrogen and oxygen atoms in total. The molecule has 0 bridgehead atoms. The van der Waals surface area contributed by atoms with Gasteiger partial charge in [-0.15, -0.1) is 0 Å². The number of rotatable bonds is 5. The Kier molecular flexibility index (Phi) is 4.71. The lowest BCUT2D eigenvalue weighted by molar-refractivity contribution is -0.384. The van der Waals surface area contributed by atoms with Crippen LogP contribution in [0.25, 0.3) is 0 Å². The summed E-state index contributed by atoms with van der Waals surface area (Å²) in [5.74, 6) is 0. The van der Waals surface area contributed by atoms with Gasteiger partial charge in [-0.1, -0.05) is 35.9 Å². The summed E-state index contributed by atoms with van der Waals surface area (Å²) < 4.78 is 0. The second-order valence-corrected chi connectivity index (χ2v) is 5.01. The third-order valence-corrected chi connectivity index (χ3v) is 3.38. The van der Waals surface area contributed by atoms with E-state index in [2.05, 4.69) is 12.2 Å². The number of nitro benzene ring substituents is 1. The van der Waals surface area contributed by atoms with Gasteiger partial charge in [0.1, 0.15) is 0 Å². The van der Waals surface area contributed by atoms with Gasteiger partial charge in [0, 0.05) is 29.7 Å². The summed E-state index contributed by atoms with van der Waals surface area (Å²) in [6, 6.07) is 14.4. The Labute approximate surface area is 122 Å². The van der Waals surface area contributed by atoms with Crippen LogP contribution in [0.15, 0.2) is 48.5 Å². The van der Waals surface area contributed by atoms with Gasteiger partial charge in [0.05, 0.1) is 4.92 Å². The molecule has 0 aliphatic carbocycles. The number of nitro groups is 1. The molecule has 20 heavy (non-hydrogen) atoms. The minimum atomic E-state index is -0.395. The van der Waals surface area contributed by atoms with Crippen molar-refractivity contribution >= 4 is 17.3 Å². The molecule has 0 aliphatic heterocycles. The standard InChI is InChI=1S/C15H15ClN2O2/c1-11(13-4-6-14(16)7-5-13)17-10-12-2-8-15(9-3-12)18(19)20/h2-9,11,17H,10H2,1H3. The van der Waals surface area contributed by atoms with Crippen LogP contribution in [-0.2, 0) is 6.54 Å². The lowest BCUT2D eigenvalue weighted by atomic mass is 10.1. The highest BCUT2D eigenvalue weighted by molar-refractivity contribution is 6.30. The molecule has 0 amide bonds. The first-order chi connectivity index (χ1) is 9.56. The fourth-order valence-electron chi connectivity index (χ4n) is 1.88. The maximum absolute atomic E-state index is 10.6. The first-order valence-corrected chi connectivity index (χ1v) is 6.66. The fraction of sp³-hybridized carbons (Fsp3) is 0.200. The molecule has 0 aliphatic rings. The van der Waals surface area contributed by atoms with E-state index < -0.39 is 4.92 Å². The van der Waals surface area contributed by atoms with Crippen molar-refractivity contribution in [2.45, 2.75) is 19.5 Å². The predicted octanol–water partition coefficient (Wildman–Crippen LogP) is 4.10. The first-order valence-electron chi connectivity index (χ1n) is 6.28. The molecule has 2 aromatic carbocycles. The topological polar surface area (TPSA) is 55.2 Å². The summed E-state index contributed by atoms with van der Waals surface area (Å²) in [6.07, 6.45) is 0. The second-order valence-electron chi connectivity index (χ2n) is 4.58. The van der Waals surface area contributed by atoms with Gasteiger partial charge >= 0.3 is 0 Å². The SMILES string of the molecule is CC(NCc1ccc([N+](=O)[O-])cc1)c1ccc(Cl)cc1. The van der Waals surface area contributed by atoms with Crippen LogP contribution in [0.4, 0.5) is 5.69 Å². The molecule has 1 N–H and O–H groups in total. The van der Waals surface area contributed by atoms with Crippen LogP contribution in [0.5, 0.6) is 0 Å². The summed E-state index contributed by atoms with van der Waals surface area (Å²) in [5, 5.41) is 14.7. The normalized spacial score (nSPS) is 12.1. The maximum Gasteiger partial charge on any atom is 0.269 e. The third kappa shape index (κ3) is 3.79. The second kappa shape index (κ2) is 6.50. The Balaban J connectivity index is 1.94. The molecular formula is C15H15ClN2O2. The monoisotopic (exact) mass is 290 g/mol. The highest BCUT2D eigenvalue weighted by Gasteiger charge is 2.06. The molecule has 0 aromatic heterocycles. The van der Waals surface area contributed by atoms with Crippen molar-refractivity contribution in [3.63, 3.8) is 0 Å². The molecular weight excluding hydrogens is 276 g/mol. The largest absolute Gasteiger partial charge is 0.306 e. The van der Waals surface area contributed by atoms with Crippen molar-refractivity contribution < 1.29 is 4.92 Å². The lowest BCUT2D eigenvalue weighted by Gasteiger charge is -2.14. The average Bonchev–Trinajstić information content (AvgIpc) is 2.46. The number of benzene rings is 2. The van der Waals surface area contributed by atoms with E-state index in [0.717, 1.165) is 16.1 Å². The molecule has 0 saturated heterocycles. The van der Waals surface area contributed by atoms with Gasteiger partial charge < -0.3 is 5.32 Å². The van der Waals surface area contributed by atoms with Crippen LogP contribution in [0.2, 0.25) is 5.02 Å². The summed E-state index contributed by atoms with van der Waals surface area (Å²) in [5.41, 5.74) is 2.27. The summed E-state index contributed by atoms with van der Waals surface area (Å²) in [6.45, 7) is 2.72. The fourth-order valence-corrected chi connectivity index (χ4v) is 2.00. The number of hydrogen-bond donors (Lipinski definition) is 1. The van der Waals surface area contributed by atoms with Crippen LogP contribution in [0, 0.1) is 10.1 Å². The highest BCUT2D eigenvalue weighted by Crippen LogP contribution is 2.17. The van der Waals surface area contributed by atoms with E-state index in [9.17, 15) is 10.1 Å².